The van der Waals surface area contributed by atoms with Crippen LogP contribution in [0.5, 0.6) is 0 Å². The van der Waals surface area contributed by atoms with E-state index in [1.54, 1.807) is 0 Å². The van der Waals surface area contributed by atoms with E-state index in [2.05, 4.69) is 142 Å². The van der Waals surface area contributed by atoms with Crippen LogP contribution in [0.25, 0.3) is 0 Å². The van der Waals surface area contributed by atoms with Crippen molar-refractivity contribution >= 4 is 17.9 Å². The van der Waals surface area contributed by atoms with Gasteiger partial charge in [-0.15, -0.1) is 0 Å². The highest BCUT2D eigenvalue weighted by atomic mass is 16.6. The van der Waals surface area contributed by atoms with Gasteiger partial charge in [0.25, 0.3) is 0 Å². The third-order valence-electron chi connectivity index (χ3n) is 14.9. The zero-order valence-electron chi connectivity index (χ0n) is 54.4. The molecule has 6 heteroatoms. The Morgan fingerprint density at radius 2 is 0.470 bits per heavy atom. The maximum absolute atomic E-state index is 13.0. The van der Waals surface area contributed by atoms with Crippen LogP contribution < -0.4 is 0 Å². The van der Waals surface area contributed by atoms with Gasteiger partial charge in [0.15, 0.2) is 6.10 Å². The quantitative estimate of drug-likeness (QED) is 0.0261. The molecule has 1 unspecified atom stereocenters. The minimum absolute atomic E-state index is 0.0875. The summed E-state index contributed by atoms with van der Waals surface area (Å²) in [5.41, 5.74) is 0. The molecule has 0 heterocycles. The van der Waals surface area contributed by atoms with Gasteiger partial charge in [0, 0.05) is 19.3 Å². The molecule has 0 saturated carbocycles. The van der Waals surface area contributed by atoms with Gasteiger partial charge in [-0.1, -0.05) is 303 Å². The second kappa shape index (κ2) is 70.3. The van der Waals surface area contributed by atoms with E-state index in [9.17, 15) is 14.4 Å². The standard InChI is InChI=1S/C77H130O6/c1-4-7-10-13-16-19-22-25-28-31-34-36-37-38-39-41-43-46-49-52-55-58-61-64-67-70-76(79)82-73-74(72-81-75(78)69-66-63-60-57-54-51-48-45-42-33-30-27-24-21-18-15-12-9-6-3)83-77(80)71-68-65-62-59-56-53-50-47-44-40-35-32-29-26-23-20-17-14-11-8-5-2/h8-9,11-12,17-18,20-22,25-27,29-31,34-35,40,42,45,74H,4-7,10,13-16,19,23-24,28,32-33,36-39,41,43-44,46-73H2,1-3H3/b11-8-,12-9-,20-17-,21-18-,25-22-,29-26-,30-27-,34-31-,40-35-,45-42-. The van der Waals surface area contributed by atoms with Gasteiger partial charge in [-0.2, -0.15) is 0 Å². The minimum atomic E-state index is -0.795. The molecule has 0 radical (unpaired) electrons. The number of hydrogen-bond donors (Lipinski definition) is 0. The summed E-state index contributed by atoms with van der Waals surface area (Å²) >= 11 is 0. The number of allylic oxidation sites excluding steroid dienone is 20. The Hall–Kier alpha value is -4.19. The summed E-state index contributed by atoms with van der Waals surface area (Å²) in [6.45, 7) is 6.42. The van der Waals surface area contributed by atoms with Crippen LogP contribution in [-0.4, -0.2) is 37.2 Å². The monoisotopic (exact) mass is 1150 g/mol. The van der Waals surface area contributed by atoms with Gasteiger partial charge in [-0.25, -0.2) is 0 Å². The van der Waals surface area contributed by atoms with Gasteiger partial charge in [0.2, 0.25) is 0 Å². The molecule has 0 fully saturated rings. The average molecular weight is 1150 g/mol. The van der Waals surface area contributed by atoms with Crippen molar-refractivity contribution in [2.45, 2.75) is 335 Å². The first-order valence-corrected chi connectivity index (χ1v) is 35.0. The summed E-state index contributed by atoms with van der Waals surface area (Å²) < 4.78 is 17.0. The van der Waals surface area contributed by atoms with E-state index in [4.69, 9.17) is 14.2 Å². The lowest BCUT2D eigenvalue weighted by atomic mass is 10.0. The lowest BCUT2D eigenvalue weighted by Gasteiger charge is -2.18. The smallest absolute Gasteiger partial charge is 0.306 e. The van der Waals surface area contributed by atoms with E-state index < -0.39 is 6.10 Å². The van der Waals surface area contributed by atoms with Gasteiger partial charge in [0.05, 0.1) is 0 Å². The number of hydrogen-bond acceptors (Lipinski definition) is 6. The second-order valence-electron chi connectivity index (χ2n) is 23.0. The number of ether oxygens (including phenoxy) is 3. The lowest BCUT2D eigenvalue weighted by Crippen LogP contribution is -2.30. The zero-order valence-corrected chi connectivity index (χ0v) is 54.4. The number of rotatable bonds is 63. The molecule has 0 aromatic carbocycles. The van der Waals surface area contributed by atoms with Crippen molar-refractivity contribution in [1.82, 2.24) is 0 Å². The van der Waals surface area contributed by atoms with Crippen LogP contribution in [0.15, 0.2) is 122 Å². The van der Waals surface area contributed by atoms with Crippen molar-refractivity contribution in [3.05, 3.63) is 122 Å². The molecule has 6 nitrogen and oxygen atoms in total. The van der Waals surface area contributed by atoms with E-state index in [0.717, 1.165) is 135 Å². The molecule has 0 aliphatic heterocycles. The Labute approximate surface area is 513 Å². The fourth-order valence-corrected chi connectivity index (χ4v) is 9.75. The molecular formula is C77H130O6. The Bertz CT molecular complexity index is 1700. The van der Waals surface area contributed by atoms with E-state index in [0.29, 0.717) is 19.3 Å². The van der Waals surface area contributed by atoms with Crippen molar-refractivity contribution < 1.29 is 28.6 Å². The molecule has 0 N–H and O–H groups in total. The number of carbonyl (C=O) groups is 3. The highest BCUT2D eigenvalue weighted by molar-refractivity contribution is 5.71. The van der Waals surface area contributed by atoms with Gasteiger partial charge >= 0.3 is 17.9 Å². The Morgan fingerprint density at radius 1 is 0.253 bits per heavy atom. The maximum atomic E-state index is 13.0. The zero-order chi connectivity index (χ0) is 59.9. The Morgan fingerprint density at radius 3 is 0.735 bits per heavy atom. The van der Waals surface area contributed by atoms with E-state index >= 15 is 0 Å². The maximum Gasteiger partial charge on any atom is 0.306 e. The average Bonchev–Trinajstić information content (AvgIpc) is 3.50. The minimum Gasteiger partial charge on any atom is -0.462 e. The van der Waals surface area contributed by atoms with Crippen LogP contribution >= 0.6 is 0 Å². The SMILES string of the molecule is CC/C=C\C/C=C\C/C=C\C/C=C\CCCCCCCCCCC(=O)OC(COC(=O)CCCCCCCC/C=C\C/C=C\C/C=C\C/C=C\CC)COC(=O)CCCCCCCCCCCCCCC/C=C\C/C=C\CCCCCCC. The number of esters is 3. The van der Waals surface area contributed by atoms with Crippen LogP contribution in [-0.2, 0) is 28.6 Å². The molecule has 0 amide bonds. The van der Waals surface area contributed by atoms with Crippen molar-refractivity contribution in [3.63, 3.8) is 0 Å². The predicted octanol–water partition coefficient (Wildman–Crippen LogP) is 24.3. The number of unbranched alkanes of at least 4 members (excludes halogenated alkanes) is 32. The van der Waals surface area contributed by atoms with Crippen LogP contribution in [0.2, 0.25) is 0 Å². The first kappa shape index (κ1) is 78.8. The highest BCUT2D eigenvalue weighted by Gasteiger charge is 2.19. The van der Waals surface area contributed by atoms with Gasteiger partial charge in [0.1, 0.15) is 13.2 Å². The summed E-state index contributed by atoms with van der Waals surface area (Å²) in [7, 11) is 0. The fourth-order valence-electron chi connectivity index (χ4n) is 9.75. The van der Waals surface area contributed by atoms with Gasteiger partial charge in [-0.3, -0.25) is 14.4 Å². The molecule has 0 aliphatic rings. The van der Waals surface area contributed by atoms with Crippen LogP contribution in [0.4, 0.5) is 0 Å². The largest absolute Gasteiger partial charge is 0.462 e. The first-order valence-electron chi connectivity index (χ1n) is 35.0. The van der Waals surface area contributed by atoms with Crippen LogP contribution in [0, 0.1) is 0 Å². The third-order valence-corrected chi connectivity index (χ3v) is 14.9. The molecule has 0 aromatic heterocycles. The van der Waals surface area contributed by atoms with Crippen molar-refractivity contribution in [2.75, 3.05) is 13.2 Å². The van der Waals surface area contributed by atoms with E-state index in [1.807, 2.05) is 0 Å². The molecule has 0 aromatic rings. The molecule has 0 rings (SSSR count). The molecule has 0 saturated heterocycles. The normalized spacial score (nSPS) is 12.9. The highest BCUT2D eigenvalue weighted by Crippen LogP contribution is 2.17. The van der Waals surface area contributed by atoms with Crippen LogP contribution in [0.1, 0.15) is 329 Å². The Kier molecular flexibility index (Phi) is 66.7. The summed E-state index contributed by atoms with van der Waals surface area (Å²) in [4.78, 5) is 38.5. The molecule has 0 spiro atoms. The molecule has 474 valence electrons. The molecule has 0 bridgehead atoms. The topological polar surface area (TPSA) is 78.9 Å². The molecule has 83 heavy (non-hydrogen) atoms. The summed E-state index contributed by atoms with van der Waals surface area (Å²) in [6.07, 6.45) is 97.8. The van der Waals surface area contributed by atoms with Crippen molar-refractivity contribution in [2.24, 2.45) is 0 Å². The molecular weight excluding hydrogens is 1020 g/mol. The van der Waals surface area contributed by atoms with Crippen LogP contribution in [0.3, 0.4) is 0 Å². The molecule has 1 atom stereocenters. The second-order valence-corrected chi connectivity index (χ2v) is 23.0. The first-order chi connectivity index (χ1) is 41.0. The lowest BCUT2D eigenvalue weighted by molar-refractivity contribution is -0.167. The van der Waals surface area contributed by atoms with Crippen molar-refractivity contribution in [1.29, 1.82) is 0 Å². The number of carbonyl (C=O) groups excluding carboxylic acids is 3. The van der Waals surface area contributed by atoms with Crippen molar-refractivity contribution in [3.8, 4) is 0 Å². The summed E-state index contributed by atoms with van der Waals surface area (Å²) in [5.74, 6) is -0.900. The predicted molar refractivity (Wildman–Crippen MR) is 362 cm³/mol. The molecule has 0 aliphatic carbocycles. The summed E-state index contributed by atoms with van der Waals surface area (Å²) in [5, 5.41) is 0. The third kappa shape index (κ3) is 68.5. The fraction of sp³-hybridized carbons (Fsp3) is 0.701. The van der Waals surface area contributed by atoms with E-state index in [1.165, 1.54) is 154 Å². The summed E-state index contributed by atoms with van der Waals surface area (Å²) in [6, 6.07) is 0. The Balaban J connectivity index is 4.40. The van der Waals surface area contributed by atoms with Gasteiger partial charge in [-0.05, 0) is 128 Å². The van der Waals surface area contributed by atoms with Gasteiger partial charge < -0.3 is 14.2 Å². The van der Waals surface area contributed by atoms with E-state index in [-0.39, 0.29) is 31.1 Å².